The molecule has 1 saturated heterocycles. The lowest BCUT2D eigenvalue weighted by Crippen LogP contribution is -2.47. The van der Waals surface area contributed by atoms with Crippen LogP contribution in [0.2, 0.25) is 0 Å². The predicted octanol–water partition coefficient (Wildman–Crippen LogP) is 4.78. The van der Waals surface area contributed by atoms with E-state index in [2.05, 4.69) is 53.8 Å². The fraction of sp³-hybridized carbons (Fsp3) is 0.304. The average Bonchev–Trinajstić information content (AvgIpc) is 3.49. The van der Waals surface area contributed by atoms with Gasteiger partial charge >= 0.3 is 0 Å². The van der Waals surface area contributed by atoms with Crippen LogP contribution in [0.4, 0.5) is 10.9 Å². The van der Waals surface area contributed by atoms with Gasteiger partial charge in [0.25, 0.3) is 0 Å². The summed E-state index contributed by atoms with van der Waals surface area (Å²) < 4.78 is 7.03. The number of para-hydroxylation sites is 1. The van der Waals surface area contributed by atoms with Gasteiger partial charge in [0.2, 0.25) is 11.8 Å². The average molecular weight is 481 g/mol. The number of thiophene rings is 1. The maximum Gasteiger partial charge on any atom is 0.224 e. The lowest BCUT2D eigenvalue weighted by Gasteiger charge is -2.38. The van der Waals surface area contributed by atoms with Gasteiger partial charge in [-0.2, -0.15) is 11.3 Å². The molecule has 1 aromatic carbocycles. The van der Waals surface area contributed by atoms with Crippen molar-refractivity contribution in [2.45, 2.75) is 19.9 Å². The second-order valence-electron chi connectivity index (χ2n) is 7.88. The fourth-order valence-corrected chi connectivity index (χ4v) is 5.62. The molecule has 170 valence electrons. The Bertz CT molecular complexity index is 1250. The van der Waals surface area contributed by atoms with Crippen molar-refractivity contribution in [1.29, 1.82) is 0 Å². The highest BCUT2D eigenvalue weighted by Gasteiger charge is 2.23. The van der Waals surface area contributed by atoms with E-state index in [-0.39, 0.29) is 5.91 Å². The third kappa shape index (κ3) is 4.82. The molecule has 1 aliphatic heterocycles. The van der Waals surface area contributed by atoms with Crippen molar-refractivity contribution in [3.05, 3.63) is 53.0 Å². The van der Waals surface area contributed by atoms with E-state index in [0.717, 1.165) is 36.7 Å². The molecule has 1 fully saturated rings. The van der Waals surface area contributed by atoms with Crippen molar-refractivity contribution in [3.8, 4) is 11.6 Å². The van der Waals surface area contributed by atoms with Crippen LogP contribution >= 0.6 is 22.7 Å². The summed E-state index contributed by atoms with van der Waals surface area (Å²) in [7, 11) is 0. The largest absolute Gasteiger partial charge is 0.437 e. The van der Waals surface area contributed by atoms with Crippen molar-refractivity contribution in [3.63, 3.8) is 0 Å². The smallest absolute Gasteiger partial charge is 0.224 e. The predicted molar refractivity (Wildman–Crippen MR) is 133 cm³/mol. The summed E-state index contributed by atoms with van der Waals surface area (Å²) >= 11 is 3.16. The number of nitrogens with one attached hydrogen (secondary N) is 1. The normalized spacial score (nSPS) is 15.5. The minimum Gasteiger partial charge on any atom is -0.437 e. The van der Waals surface area contributed by atoms with Crippen LogP contribution in [-0.2, 0) is 4.79 Å². The van der Waals surface area contributed by atoms with E-state index >= 15 is 0 Å². The Morgan fingerprint density at radius 1 is 1.18 bits per heavy atom. The lowest BCUT2D eigenvalue weighted by molar-refractivity contribution is -0.114. The topological polar surface area (TPSA) is 83.5 Å². The first-order valence-electron chi connectivity index (χ1n) is 10.7. The summed E-state index contributed by atoms with van der Waals surface area (Å²) in [4.78, 5) is 29.4. The molecule has 4 aromatic rings. The summed E-state index contributed by atoms with van der Waals surface area (Å²) in [5, 5.41) is 7.65. The number of nitrogens with zero attached hydrogens (tertiary/aromatic N) is 5. The SMILES string of the molecule is CC(=O)Nc1nc2c(Oc3cc(N4CCN([C@H](C)c5ccsc5)CC4)ncn3)cccc2s1. The number of thiazole rings is 1. The summed E-state index contributed by atoms with van der Waals surface area (Å²) in [5.74, 6) is 1.77. The van der Waals surface area contributed by atoms with Gasteiger partial charge in [0, 0.05) is 45.2 Å². The summed E-state index contributed by atoms with van der Waals surface area (Å²) in [6.45, 7) is 7.47. The van der Waals surface area contributed by atoms with Crippen LogP contribution in [0.3, 0.4) is 0 Å². The van der Waals surface area contributed by atoms with Gasteiger partial charge in [0.1, 0.15) is 17.7 Å². The first-order chi connectivity index (χ1) is 16.1. The third-order valence-electron chi connectivity index (χ3n) is 5.72. The molecule has 33 heavy (non-hydrogen) atoms. The zero-order valence-corrected chi connectivity index (χ0v) is 20.0. The van der Waals surface area contributed by atoms with E-state index in [1.54, 1.807) is 11.3 Å². The van der Waals surface area contributed by atoms with Gasteiger partial charge in [-0.15, -0.1) is 0 Å². The lowest BCUT2D eigenvalue weighted by atomic mass is 10.1. The van der Waals surface area contributed by atoms with Crippen molar-refractivity contribution < 1.29 is 9.53 Å². The molecule has 3 aromatic heterocycles. The molecule has 0 unspecified atom stereocenters. The molecule has 4 heterocycles. The van der Waals surface area contributed by atoms with Gasteiger partial charge in [-0.1, -0.05) is 17.4 Å². The Balaban J connectivity index is 1.28. The van der Waals surface area contributed by atoms with Crippen LogP contribution in [0.5, 0.6) is 11.6 Å². The molecule has 8 nitrogen and oxygen atoms in total. The van der Waals surface area contributed by atoms with Crippen molar-refractivity contribution in [2.24, 2.45) is 0 Å². The van der Waals surface area contributed by atoms with Crippen LogP contribution in [-0.4, -0.2) is 51.9 Å². The Hall–Kier alpha value is -3.08. The van der Waals surface area contributed by atoms with Gasteiger partial charge in [-0.05, 0) is 41.4 Å². The number of benzene rings is 1. The Labute approximate surface area is 199 Å². The van der Waals surface area contributed by atoms with Gasteiger partial charge in [0.05, 0.1) is 4.70 Å². The van der Waals surface area contributed by atoms with Crippen LogP contribution in [0.1, 0.15) is 25.5 Å². The second-order valence-corrected chi connectivity index (χ2v) is 9.69. The molecule has 0 radical (unpaired) electrons. The van der Waals surface area contributed by atoms with Gasteiger partial charge in [-0.25, -0.2) is 15.0 Å². The quantitative estimate of drug-likeness (QED) is 0.425. The number of carbonyl (C=O) groups excluding carboxylic acids is 1. The number of hydrogen-bond donors (Lipinski definition) is 1. The molecular formula is C23H24N6O2S2. The van der Waals surface area contributed by atoms with E-state index in [9.17, 15) is 4.79 Å². The Morgan fingerprint density at radius 2 is 2.03 bits per heavy atom. The zero-order valence-electron chi connectivity index (χ0n) is 18.4. The van der Waals surface area contributed by atoms with Crippen molar-refractivity contribution >= 4 is 49.7 Å². The zero-order chi connectivity index (χ0) is 22.8. The number of hydrogen-bond acceptors (Lipinski definition) is 9. The molecule has 1 amide bonds. The van der Waals surface area contributed by atoms with Crippen LogP contribution in [0.15, 0.2) is 47.4 Å². The number of rotatable bonds is 6. The number of carbonyl (C=O) groups is 1. The second kappa shape index (κ2) is 9.42. The molecule has 10 heteroatoms. The maximum atomic E-state index is 11.4. The summed E-state index contributed by atoms with van der Waals surface area (Å²) in [6.07, 6.45) is 1.54. The highest BCUT2D eigenvalue weighted by atomic mass is 32.1. The first kappa shape index (κ1) is 21.7. The number of anilines is 2. The molecule has 0 aliphatic carbocycles. The molecule has 0 spiro atoms. The van der Waals surface area contributed by atoms with E-state index in [4.69, 9.17) is 4.74 Å². The molecule has 5 rings (SSSR count). The van der Waals surface area contributed by atoms with Crippen LogP contribution < -0.4 is 15.0 Å². The van der Waals surface area contributed by atoms with E-state index in [1.807, 2.05) is 24.3 Å². The molecule has 0 saturated carbocycles. The van der Waals surface area contributed by atoms with E-state index in [1.165, 1.54) is 30.2 Å². The number of fused-ring (bicyclic) bond motifs is 1. The number of amides is 1. The van der Waals surface area contributed by atoms with Crippen molar-refractivity contribution in [1.82, 2.24) is 19.9 Å². The summed E-state index contributed by atoms with van der Waals surface area (Å²) in [6, 6.07) is 10.2. The van der Waals surface area contributed by atoms with Crippen LogP contribution in [0, 0.1) is 0 Å². The number of ether oxygens (including phenoxy) is 1. The minimum absolute atomic E-state index is 0.151. The van der Waals surface area contributed by atoms with Gasteiger partial charge in [-0.3, -0.25) is 9.69 Å². The number of piperazine rings is 1. The van der Waals surface area contributed by atoms with Crippen molar-refractivity contribution in [2.75, 3.05) is 36.4 Å². The van der Waals surface area contributed by atoms with Crippen LogP contribution in [0.25, 0.3) is 10.2 Å². The minimum atomic E-state index is -0.151. The molecule has 1 N–H and O–H groups in total. The monoisotopic (exact) mass is 480 g/mol. The highest BCUT2D eigenvalue weighted by Crippen LogP contribution is 2.35. The summed E-state index contributed by atoms with van der Waals surface area (Å²) in [5.41, 5.74) is 2.08. The number of aromatic nitrogens is 3. The molecule has 0 bridgehead atoms. The van der Waals surface area contributed by atoms with E-state index in [0.29, 0.717) is 28.3 Å². The molecule has 1 atom stereocenters. The first-order valence-corrected chi connectivity index (χ1v) is 12.5. The van der Waals surface area contributed by atoms with Gasteiger partial charge < -0.3 is 15.0 Å². The van der Waals surface area contributed by atoms with E-state index < -0.39 is 0 Å². The highest BCUT2D eigenvalue weighted by molar-refractivity contribution is 7.22. The standard InChI is InChI=1S/C23H24N6O2S2/c1-15(17-6-11-32-13-17)28-7-9-29(10-8-28)20-12-21(25-14-24-20)31-18-4-3-5-19-22(18)27-23(33-19)26-16(2)30/h3-6,11-15H,7-10H2,1-2H3,(H,26,27,30)/t15-/m1/s1. The molecular weight excluding hydrogens is 456 g/mol. The fourth-order valence-electron chi connectivity index (χ4n) is 3.94. The Morgan fingerprint density at radius 3 is 2.79 bits per heavy atom. The maximum absolute atomic E-state index is 11.4. The third-order valence-corrected chi connectivity index (χ3v) is 7.36. The van der Waals surface area contributed by atoms with Gasteiger partial charge in [0.15, 0.2) is 10.9 Å². The Kier molecular flexibility index (Phi) is 6.21. The molecule has 1 aliphatic rings.